The quantitative estimate of drug-likeness (QED) is 0.400. The fourth-order valence-corrected chi connectivity index (χ4v) is 5.99. The second-order valence-electron chi connectivity index (χ2n) is 11.7. The van der Waals surface area contributed by atoms with Crippen LogP contribution in [-0.2, 0) is 19.2 Å². The van der Waals surface area contributed by atoms with Crippen LogP contribution in [0.4, 0.5) is 5.69 Å². The number of anilines is 1. The van der Waals surface area contributed by atoms with E-state index in [0.29, 0.717) is 31.4 Å². The molecule has 10 nitrogen and oxygen atoms in total. The molecule has 0 bridgehead atoms. The van der Waals surface area contributed by atoms with Gasteiger partial charge in [0.25, 0.3) is 5.91 Å². The molecule has 1 aromatic rings. The summed E-state index contributed by atoms with van der Waals surface area (Å²) in [6.07, 6.45) is 1.58. The number of hydrogen-bond acceptors (Lipinski definition) is 6. The first-order chi connectivity index (χ1) is 19.4. The third kappa shape index (κ3) is 7.26. The van der Waals surface area contributed by atoms with E-state index in [1.807, 2.05) is 39.8 Å². The van der Waals surface area contributed by atoms with Crippen molar-refractivity contribution in [3.05, 3.63) is 29.8 Å². The van der Waals surface area contributed by atoms with Crippen molar-refractivity contribution in [2.24, 2.45) is 11.8 Å². The maximum absolute atomic E-state index is 13.9. The number of hydrogen-bond donors (Lipinski definition) is 2. The second kappa shape index (κ2) is 14.0. The highest BCUT2D eigenvalue weighted by atomic mass is 16.2. The normalized spacial score (nSPS) is 20.4. The summed E-state index contributed by atoms with van der Waals surface area (Å²) in [5, 5.41) is 5.68. The van der Waals surface area contributed by atoms with Crippen molar-refractivity contribution in [2.45, 2.75) is 91.9 Å². The zero-order valence-corrected chi connectivity index (χ0v) is 25.6. The Labute approximate surface area is 244 Å². The molecule has 10 heteroatoms. The molecule has 2 aliphatic rings. The first-order valence-electron chi connectivity index (χ1n) is 15.0. The molecule has 1 aromatic carbocycles. The lowest BCUT2D eigenvalue weighted by Gasteiger charge is -2.31. The molecule has 2 heterocycles. The summed E-state index contributed by atoms with van der Waals surface area (Å²) in [4.78, 5) is 70.9. The van der Waals surface area contributed by atoms with Crippen LogP contribution in [0.2, 0.25) is 0 Å². The minimum Gasteiger partial charge on any atom is -0.372 e. The minimum atomic E-state index is -0.798. The summed E-state index contributed by atoms with van der Waals surface area (Å²) in [6, 6.07) is 4.62. The molecule has 226 valence electrons. The second-order valence-corrected chi connectivity index (χ2v) is 11.7. The van der Waals surface area contributed by atoms with Crippen molar-refractivity contribution < 1.29 is 24.0 Å². The molecular weight excluding hydrogens is 522 g/mol. The van der Waals surface area contributed by atoms with Crippen LogP contribution in [0.1, 0.15) is 78.1 Å². The van der Waals surface area contributed by atoms with Gasteiger partial charge < -0.3 is 25.3 Å². The highest BCUT2D eigenvalue weighted by Gasteiger charge is 2.53. The van der Waals surface area contributed by atoms with Crippen LogP contribution in [-0.4, -0.2) is 89.6 Å². The van der Waals surface area contributed by atoms with E-state index in [1.165, 1.54) is 6.92 Å². The lowest BCUT2D eigenvalue weighted by atomic mass is 9.97. The largest absolute Gasteiger partial charge is 0.372 e. The maximum Gasteiger partial charge on any atom is 0.251 e. The Kier molecular flexibility index (Phi) is 10.9. The van der Waals surface area contributed by atoms with E-state index in [-0.39, 0.29) is 47.8 Å². The highest BCUT2D eigenvalue weighted by Crippen LogP contribution is 2.32. The van der Waals surface area contributed by atoms with E-state index >= 15 is 0 Å². The van der Waals surface area contributed by atoms with Gasteiger partial charge in [0.2, 0.25) is 17.7 Å². The molecule has 5 unspecified atom stereocenters. The van der Waals surface area contributed by atoms with Crippen LogP contribution in [0.3, 0.4) is 0 Å². The number of amides is 4. The Hall–Kier alpha value is -3.43. The molecule has 41 heavy (non-hydrogen) atoms. The third-order valence-electron chi connectivity index (χ3n) is 8.39. The topological polar surface area (TPSA) is 119 Å². The van der Waals surface area contributed by atoms with Crippen molar-refractivity contribution in [3.63, 3.8) is 0 Å². The van der Waals surface area contributed by atoms with Gasteiger partial charge in [0.1, 0.15) is 18.1 Å². The number of benzene rings is 1. The Bertz CT molecular complexity index is 1120. The third-order valence-corrected chi connectivity index (χ3v) is 8.39. The average Bonchev–Trinajstić information content (AvgIpc) is 3.52. The number of rotatable bonds is 12. The molecule has 2 N–H and O–H groups in total. The molecular formula is C31H47N5O5. The summed E-state index contributed by atoms with van der Waals surface area (Å²) in [5.74, 6) is -1.41. The standard InChI is InChI=1S/C31H47N5O5/c1-8-20(6)27(32-21(7)37)31(41)36-18-26(38)28-25(36)15-16-35(28)30(40)24(17-19(4)5)33-29(39)22-11-13-23(14-12-22)34(9-2)10-3/h11-14,19-20,24-25,27-28H,8-10,15-18H2,1-7H3,(H,32,37)(H,33,39). The Morgan fingerprint density at radius 3 is 2.12 bits per heavy atom. The van der Waals surface area contributed by atoms with Crippen molar-refractivity contribution >= 4 is 35.1 Å². The smallest absolute Gasteiger partial charge is 0.251 e. The summed E-state index contributed by atoms with van der Waals surface area (Å²) in [5.41, 5.74) is 1.49. The van der Waals surface area contributed by atoms with Gasteiger partial charge in [0, 0.05) is 37.8 Å². The lowest BCUT2D eigenvalue weighted by Crippen LogP contribution is -2.54. The average molecular weight is 570 g/mol. The molecule has 2 fully saturated rings. The van der Waals surface area contributed by atoms with Gasteiger partial charge in [-0.1, -0.05) is 34.1 Å². The van der Waals surface area contributed by atoms with Crippen molar-refractivity contribution in [3.8, 4) is 0 Å². The Balaban J connectivity index is 1.77. The SMILES string of the molecule is CCC(C)C(NC(C)=O)C(=O)N1CC(=O)C2C1CCN2C(=O)C(CC(C)C)NC(=O)c1ccc(N(CC)CC)cc1. The molecule has 0 saturated carbocycles. The number of nitrogens with one attached hydrogen (secondary N) is 2. The van der Waals surface area contributed by atoms with Crippen LogP contribution in [0.15, 0.2) is 24.3 Å². The van der Waals surface area contributed by atoms with Crippen LogP contribution in [0.5, 0.6) is 0 Å². The Morgan fingerprint density at radius 1 is 0.951 bits per heavy atom. The molecule has 0 spiro atoms. The molecule has 0 radical (unpaired) electrons. The van der Waals surface area contributed by atoms with E-state index in [9.17, 15) is 24.0 Å². The van der Waals surface area contributed by atoms with Crippen molar-refractivity contribution in [2.75, 3.05) is 31.1 Å². The molecule has 2 aliphatic heterocycles. The predicted octanol–water partition coefficient (Wildman–Crippen LogP) is 2.61. The number of nitrogens with zero attached hydrogens (tertiary/aromatic N) is 3. The predicted molar refractivity (Wildman–Crippen MR) is 158 cm³/mol. The van der Waals surface area contributed by atoms with Crippen LogP contribution in [0.25, 0.3) is 0 Å². The van der Waals surface area contributed by atoms with Gasteiger partial charge in [-0.25, -0.2) is 0 Å². The van der Waals surface area contributed by atoms with Gasteiger partial charge in [-0.3, -0.25) is 24.0 Å². The first kappa shape index (κ1) is 32.1. The van der Waals surface area contributed by atoms with Crippen LogP contribution < -0.4 is 15.5 Å². The summed E-state index contributed by atoms with van der Waals surface area (Å²) in [7, 11) is 0. The van der Waals surface area contributed by atoms with Gasteiger partial charge in [-0.2, -0.15) is 0 Å². The van der Waals surface area contributed by atoms with Gasteiger partial charge in [-0.05, 0) is 62.8 Å². The molecule has 3 rings (SSSR count). The van der Waals surface area contributed by atoms with Crippen molar-refractivity contribution in [1.82, 2.24) is 20.4 Å². The van der Waals surface area contributed by atoms with Crippen LogP contribution >= 0.6 is 0 Å². The van der Waals surface area contributed by atoms with Gasteiger partial charge >= 0.3 is 0 Å². The summed E-state index contributed by atoms with van der Waals surface area (Å²) in [6.45, 7) is 15.3. The van der Waals surface area contributed by atoms with E-state index < -0.39 is 24.2 Å². The van der Waals surface area contributed by atoms with E-state index in [4.69, 9.17) is 0 Å². The fraction of sp³-hybridized carbons (Fsp3) is 0.645. The number of likely N-dealkylation sites (tertiary alicyclic amines) is 2. The fourth-order valence-electron chi connectivity index (χ4n) is 5.99. The zero-order valence-electron chi connectivity index (χ0n) is 25.6. The number of carbonyl (C=O) groups is 5. The Morgan fingerprint density at radius 2 is 1.59 bits per heavy atom. The molecule has 0 aromatic heterocycles. The minimum absolute atomic E-state index is 0.0927. The lowest BCUT2D eigenvalue weighted by molar-refractivity contribution is -0.139. The number of carbonyl (C=O) groups excluding carboxylic acids is 5. The van der Waals surface area contributed by atoms with Crippen molar-refractivity contribution in [1.29, 1.82) is 0 Å². The highest BCUT2D eigenvalue weighted by molar-refractivity contribution is 6.01. The van der Waals surface area contributed by atoms with Gasteiger partial charge in [0.05, 0.1) is 12.6 Å². The molecule has 4 amide bonds. The van der Waals surface area contributed by atoms with Crippen LogP contribution in [0, 0.1) is 11.8 Å². The van der Waals surface area contributed by atoms with Gasteiger partial charge in [0.15, 0.2) is 5.78 Å². The van der Waals surface area contributed by atoms with E-state index in [0.717, 1.165) is 18.8 Å². The number of fused-ring (bicyclic) bond motifs is 1. The maximum atomic E-state index is 13.9. The number of Topliss-reactive ketones (excluding diaryl/α,β-unsaturated/α-hetero) is 1. The van der Waals surface area contributed by atoms with E-state index in [2.05, 4.69) is 29.4 Å². The molecule has 5 atom stereocenters. The summed E-state index contributed by atoms with van der Waals surface area (Å²) >= 11 is 0. The zero-order chi connectivity index (χ0) is 30.4. The summed E-state index contributed by atoms with van der Waals surface area (Å²) < 4.78 is 0. The monoisotopic (exact) mass is 569 g/mol. The number of ketones is 1. The molecule has 0 aliphatic carbocycles. The van der Waals surface area contributed by atoms with Gasteiger partial charge in [-0.15, -0.1) is 0 Å². The first-order valence-corrected chi connectivity index (χ1v) is 15.0. The molecule has 2 saturated heterocycles. The van der Waals surface area contributed by atoms with E-state index in [1.54, 1.807) is 21.9 Å².